The van der Waals surface area contributed by atoms with E-state index in [1.165, 1.54) is 5.56 Å². The average Bonchev–Trinajstić information content (AvgIpc) is 3.24. The van der Waals surface area contributed by atoms with Crippen molar-refractivity contribution >= 4 is 38.8 Å². The number of nitrogens with one attached hydrogen (secondary N) is 1. The lowest BCUT2D eigenvalue weighted by molar-refractivity contribution is 0.0912. The molecule has 0 spiro atoms. The normalized spacial score (nSPS) is 15.4. The van der Waals surface area contributed by atoms with E-state index >= 15 is 0 Å². The molecule has 1 N–H and O–H groups in total. The first kappa shape index (κ1) is 19.0. The van der Waals surface area contributed by atoms with Crippen LogP contribution >= 0.6 is 11.3 Å². The molecule has 0 radical (unpaired) electrons. The summed E-state index contributed by atoms with van der Waals surface area (Å²) in [4.78, 5) is 18.0. The first-order valence-corrected chi connectivity index (χ1v) is 11.0. The summed E-state index contributed by atoms with van der Waals surface area (Å²) in [5.41, 5.74) is 5.80. The fourth-order valence-corrected chi connectivity index (χ4v) is 5.17. The van der Waals surface area contributed by atoms with Gasteiger partial charge in [-0.3, -0.25) is 4.79 Å². The topological polar surface area (TPSA) is 59.8 Å². The molecule has 152 valence electrons. The van der Waals surface area contributed by atoms with Crippen LogP contribution in [0.3, 0.4) is 0 Å². The van der Waals surface area contributed by atoms with Gasteiger partial charge in [0.25, 0.3) is 0 Å². The number of para-hydroxylation sites is 1. The number of nitrogens with zero attached hydrogens (tertiary/aromatic N) is 3. The second-order valence-electron chi connectivity index (χ2n) is 8.93. The number of hydrogen-bond acceptors (Lipinski definition) is 5. The maximum absolute atomic E-state index is 13.2. The molecule has 0 saturated heterocycles. The van der Waals surface area contributed by atoms with Crippen LogP contribution in [0.5, 0.6) is 0 Å². The Kier molecular flexibility index (Phi) is 4.29. The van der Waals surface area contributed by atoms with Crippen LogP contribution in [-0.4, -0.2) is 20.5 Å². The zero-order valence-electron chi connectivity index (χ0n) is 17.6. The maximum Gasteiger partial charge on any atom is 0.211 e. The zero-order valence-corrected chi connectivity index (χ0v) is 18.4. The number of aryl methyl sites for hydroxylation is 2. The number of fused-ring (bicyclic) bond motifs is 2. The van der Waals surface area contributed by atoms with Gasteiger partial charge in [-0.05, 0) is 49.4 Å². The maximum atomic E-state index is 13.2. The lowest BCUT2D eigenvalue weighted by Gasteiger charge is -2.28. The fourth-order valence-electron chi connectivity index (χ4n) is 4.23. The molecule has 0 bridgehead atoms. The van der Waals surface area contributed by atoms with Crippen molar-refractivity contribution in [3.8, 4) is 5.13 Å². The van der Waals surface area contributed by atoms with Crippen molar-refractivity contribution in [2.45, 2.75) is 40.5 Å². The number of thiazole rings is 1. The van der Waals surface area contributed by atoms with Crippen molar-refractivity contribution in [2.24, 2.45) is 5.41 Å². The Balaban J connectivity index is 1.67. The van der Waals surface area contributed by atoms with Gasteiger partial charge in [-0.1, -0.05) is 55.0 Å². The molecule has 0 fully saturated rings. The predicted octanol–water partition coefficient (Wildman–Crippen LogP) is 6.00. The van der Waals surface area contributed by atoms with Crippen molar-refractivity contribution in [2.75, 3.05) is 5.32 Å². The van der Waals surface area contributed by atoms with Gasteiger partial charge in [0, 0.05) is 12.1 Å². The molecular weight excluding hydrogens is 392 g/mol. The van der Waals surface area contributed by atoms with Crippen LogP contribution in [0.15, 0.2) is 42.5 Å². The minimum Gasteiger partial charge on any atom is -0.338 e. The summed E-state index contributed by atoms with van der Waals surface area (Å²) in [6.45, 7) is 8.42. The quantitative estimate of drug-likeness (QED) is 0.445. The summed E-state index contributed by atoms with van der Waals surface area (Å²) in [6.07, 6.45) is 1.30. The Morgan fingerprint density at radius 1 is 1.10 bits per heavy atom. The molecule has 0 atom stereocenters. The van der Waals surface area contributed by atoms with Gasteiger partial charge in [0.15, 0.2) is 11.6 Å². The summed E-state index contributed by atoms with van der Waals surface area (Å²) in [7, 11) is 0. The monoisotopic (exact) mass is 416 g/mol. The van der Waals surface area contributed by atoms with E-state index in [1.54, 1.807) is 11.3 Å². The highest BCUT2D eigenvalue weighted by atomic mass is 32.1. The molecule has 1 aliphatic rings. The minimum atomic E-state index is -0.102. The van der Waals surface area contributed by atoms with Crippen molar-refractivity contribution in [3.63, 3.8) is 0 Å². The van der Waals surface area contributed by atoms with E-state index in [4.69, 9.17) is 10.1 Å². The minimum absolute atomic E-state index is 0.102. The molecule has 5 rings (SSSR count). The molecule has 1 aliphatic carbocycles. The zero-order chi connectivity index (χ0) is 21.0. The van der Waals surface area contributed by atoms with Crippen molar-refractivity contribution in [1.29, 1.82) is 0 Å². The molecule has 2 aromatic heterocycles. The van der Waals surface area contributed by atoms with Gasteiger partial charge in [-0.15, -0.1) is 5.10 Å². The van der Waals surface area contributed by atoms with Crippen LogP contribution in [0.2, 0.25) is 0 Å². The van der Waals surface area contributed by atoms with Gasteiger partial charge in [-0.25, -0.2) is 9.67 Å². The first-order valence-electron chi connectivity index (χ1n) is 10.2. The molecule has 4 aromatic rings. The number of carbonyl (C=O) groups excluding carboxylic acids is 1. The second-order valence-corrected chi connectivity index (χ2v) is 9.94. The molecule has 0 saturated carbocycles. The third-order valence-corrected chi connectivity index (χ3v) is 6.66. The molecule has 2 aromatic carbocycles. The smallest absolute Gasteiger partial charge is 0.211 e. The summed E-state index contributed by atoms with van der Waals surface area (Å²) in [5, 5.41) is 9.10. The number of rotatable bonds is 3. The number of Topliss-reactive ketones (excluding diaryl/α,β-unsaturated/α-hetero) is 1. The Morgan fingerprint density at radius 3 is 2.67 bits per heavy atom. The summed E-state index contributed by atoms with van der Waals surface area (Å²) < 4.78 is 2.99. The van der Waals surface area contributed by atoms with Crippen LogP contribution < -0.4 is 5.32 Å². The van der Waals surface area contributed by atoms with E-state index in [0.717, 1.165) is 38.7 Å². The number of anilines is 2. The van der Waals surface area contributed by atoms with Crippen LogP contribution in [0.4, 0.5) is 11.5 Å². The largest absolute Gasteiger partial charge is 0.338 e. The Bertz CT molecular complexity index is 1270. The van der Waals surface area contributed by atoms with Gasteiger partial charge >= 0.3 is 0 Å². The number of hydrogen-bond donors (Lipinski definition) is 1. The van der Waals surface area contributed by atoms with Gasteiger partial charge < -0.3 is 5.32 Å². The standard InChI is InChI=1S/C24H24N4OS/c1-14-9-10-16(15(2)11-14)25-22-21-18(12-24(3,4)13-19(21)29)28(27-22)23-26-17-7-5-6-8-20(17)30-23/h5-11H,12-13H2,1-4H3,(H,25,27). The molecule has 5 nitrogen and oxygen atoms in total. The molecule has 30 heavy (non-hydrogen) atoms. The van der Waals surface area contributed by atoms with Gasteiger partial charge in [0.1, 0.15) is 0 Å². The van der Waals surface area contributed by atoms with Crippen LogP contribution in [0.1, 0.15) is 47.4 Å². The van der Waals surface area contributed by atoms with Crippen molar-refractivity contribution in [1.82, 2.24) is 14.8 Å². The highest BCUT2D eigenvalue weighted by Crippen LogP contribution is 2.40. The Labute approximate surface area is 179 Å². The van der Waals surface area contributed by atoms with E-state index in [-0.39, 0.29) is 11.2 Å². The molecule has 6 heteroatoms. The number of carbonyl (C=O) groups is 1. The number of aromatic nitrogens is 3. The van der Waals surface area contributed by atoms with Crippen molar-refractivity contribution in [3.05, 3.63) is 64.8 Å². The highest BCUT2D eigenvalue weighted by molar-refractivity contribution is 7.20. The lowest BCUT2D eigenvalue weighted by atomic mass is 9.76. The molecule has 2 heterocycles. The van der Waals surface area contributed by atoms with E-state index in [9.17, 15) is 4.79 Å². The molecule has 0 amide bonds. The van der Waals surface area contributed by atoms with Gasteiger partial charge in [-0.2, -0.15) is 0 Å². The third kappa shape index (κ3) is 3.21. The highest BCUT2D eigenvalue weighted by Gasteiger charge is 2.37. The summed E-state index contributed by atoms with van der Waals surface area (Å²) in [5.74, 6) is 0.762. The van der Waals surface area contributed by atoms with Gasteiger partial charge in [0.05, 0.1) is 21.5 Å². The Hall–Kier alpha value is -2.99. The number of ketones is 1. The van der Waals surface area contributed by atoms with Crippen molar-refractivity contribution < 1.29 is 4.79 Å². The SMILES string of the molecule is Cc1ccc(Nc2nn(-c3nc4ccccc4s3)c3c2C(=O)CC(C)(C)C3)c(C)c1. The summed E-state index contributed by atoms with van der Waals surface area (Å²) in [6, 6.07) is 14.3. The van der Waals surface area contributed by atoms with E-state index in [1.807, 2.05) is 28.9 Å². The molecule has 0 unspecified atom stereocenters. The van der Waals surface area contributed by atoms with E-state index in [0.29, 0.717) is 17.8 Å². The van der Waals surface area contributed by atoms with Crippen LogP contribution in [-0.2, 0) is 6.42 Å². The Morgan fingerprint density at radius 2 is 1.90 bits per heavy atom. The molecule has 0 aliphatic heterocycles. The number of benzene rings is 2. The fraction of sp³-hybridized carbons (Fsp3) is 0.292. The average molecular weight is 417 g/mol. The van der Waals surface area contributed by atoms with Gasteiger partial charge in [0.2, 0.25) is 5.13 Å². The van der Waals surface area contributed by atoms with E-state index in [2.05, 4.69) is 51.2 Å². The van der Waals surface area contributed by atoms with Crippen LogP contribution in [0.25, 0.3) is 15.3 Å². The molecular formula is C24H24N4OS. The lowest BCUT2D eigenvalue weighted by Crippen LogP contribution is -2.28. The summed E-state index contributed by atoms with van der Waals surface area (Å²) >= 11 is 1.60. The second kappa shape index (κ2) is 6.77. The van der Waals surface area contributed by atoms with E-state index < -0.39 is 0 Å². The van der Waals surface area contributed by atoms with Crippen LogP contribution in [0, 0.1) is 19.3 Å². The predicted molar refractivity (Wildman–Crippen MR) is 122 cm³/mol. The third-order valence-electron chi connectivity index (χ3n) is 5.64. The first-order chi connectivity index (χ1) is 14.3.